The molecule has 2 rings (SSSR count). The molecule has 0 saturated carbocycles. The van der Waals surface area contributed by atoms with Crippen LogP contribution in [0.5, 0.6) is 11.5 Å². The molecule has 0 aliphatic carbocycles. The Morgan fingerprint density at radius 1 is 1.19 bits per heavy atom. The van der Waals surface area contributed by atoms with Crippen LogP contribution in [0.4, 0.5) is 10.5 Å². The van der Waals surface area contributed by atoms with E-state index < -0.39 is 16.4 Å². The highest BCUT2D eigenvalue weighted by molar-refractivity contribution is 8.13. The Morgan fingerprint density at radius 2 is 1.88 bits per heavy atom. The number of thioether (sulfide) groups is 1. The van der Waals surface area contributed by atoms with Gasteiger partial charge in [0.1, 0.15) is 6.61 Å². The molecule has 0 N–H and O–H groups in total. The molecule has 0 radical (unpaired) electrons. The number of benzene rings is 1. The third-order valence-electron chi connectivity index (χ3n) is 5.59. The van der Waals surface area contributed by atoms with Crippen LogP contribution in [-0.2, 0) is 16.1 Å². The lowest BCUT2D eigenvalue weighted by Gasteiger charge is -2.22. The smallest absolute Gasteiger partial charge is 0.410 e. The summed E-state index contributed by atoms with van der Waals surface area (Å²) in [6.07, 6.45) is 4.42. The normalized spacial score (nSPS) is 17.8. The van der Waals surface area contributed by atoms with Crippen molar-refractivity contribution in [3.63, 3.8) is 0 Å². The summed E-state index contributed by atoms with van der Waals surface area (Å²) < 4.78 is 15.6. The zero-order valence-corrected chi connectivity index (χ0v) is 20.0. The summed E-state index contributed by atoms with van der Waals surface area (Å²) in [5.74, 6) is 1.32. The molecule has 1 aliphatic rings. The first-order valence-corrected chi connectivity index (χ1v) is 11.7. The van der Waals surface area contributed by atoms with E-state index in [0.717, 1.165) is 25.0 Å². The summed E-state index contributed by atoms with van der Waals surface area (Å²) in [7, 11) is 2.81. The van der Waals surface area contributed by atoms with Gasteiger partial charge in [-0.1, -0.05) is 37.9 Å². The number of methoxy groups -OCH3 is 2. The Labute approximate surface area is 192 Å². The molecule has 1 amide bonds. The summed E-state index contributed by atoms with van der Waals surface area (Å²) in [4.78, 5) is 37.6. The van der Waals surface area contributed by atoms with Crippen LogP contribution in [0.15, 0.2) is 12.1 Å². The Hall–Kier alpha value is -2.49. The van der Waals surface area contributed by atoms with Crippen LogP contribution >= 0.6 is 11.8 Å². The van der Waals surface area contributed by atoms with E-state index in [0.29, 0.717) is 18.7 Å². The number of nitro groups is 1. The van der Waals surface area contributed by atoms with Crippen LogP contribution in [0.25, 0.3) is 0 Å². The fourth-order valence-corrected chi connectivity index (χ4v) is 4.63. The molecule has 1 aliphatic heterocycles. The molecule has 1 aromatic rings. The Bertz CT molecular complexity index is 833. The van der Waals surface area contributed by atoms with Gasteiger partial charge in [-0.2, -0.15) is 0 Å². The van der Waals surface area contributed by atoms with Crippen molar-refractivity contribution in [2.24, 2.45) is 5.41 Å². The predicted molar refractivity (Wildman–Crippen MR) is 122 cm³/mol. The van der Waals surface area contributed by atoms with Crippen molar-refractivity contribution in [1.82, 2.24) is 4.90 Å². The van der Waals surface area contributed by atoms with Crippen LogP contribution in [0.3, 0.4) is 0 Å². The fourth-order valence-electron chi connectivity index (χ4n) is 3.58. The number of nitro benzene ring substituents is 1. The van der Waals surface area contributed by atoms with Gasteiger partial charge < -0.3 is 19.1 Å². The van der Waals surface area contributed by atoms with Crippen molar-refractivity contribution in [3.05, 3.63) is 27.8 Å². The number of carbonyl (C=O) groups is 2. The lowest BCUT2D eigenvalue weighted by Crippen LogP contribution is -2.34. The average molecular weight is 469 g/mol. The molecule has 178 valence electrons. The van der Waals surface area contributed by atoms with Gasteiger partial charge in [-0.05, 0) is 25.8 Å². The quantitative estimate of drug-likeness (QED) is 0.259. The number of amides is 1. The van der Waals surface area contributed by atoms with Crippen LogP contribution in [-0.4, -0.2) is 54.1 Å². The number of hydrogen-bond donors (Lipinski definition) is 0. The molecule has 32 heavy (non-hydrogen) atoms. The van der Waals surface area contributed by atoms with Crippen LogP contribution in [0.2, 0.25) is 0 Å². The summed E-state index contributed by atoms with van der Waals surface area (Å²) in [5, 5.41) is 11.5. The number of carbonyl (C=O) groups excluding carboxylic acids is 2. The van der Waals surface area contributed by atoms with Crippen molar-refractivity contribution >= 4 is 28.7 Å². The molecule has 1 aromatic carbocycles. The molecule has 0 spiro atoms. The molecule has 10 heteroatoms. The third-order valence-corrected chi connectivity index (χ3v) is 6.84. The first kappa shape index (κ1) is 25.8. The van der Waals surface area contributed by atoms with E-state index >= 15 is 0 Å². The largest absolute Gasteiger partial charge is 0.493 e. The second kappa shape index (κ2) is 11.9. The van der Waals surface area contributed by atoms with E-state index in [4.69, 9.17) is 14.2 Å². The zero-order chi connectivity index (χ0) is 23.7. The molecular weight excluding hydrogens is 436 g/mol. The number of nitrogens with zero attached hydrogens (tertiary/aromatic N) is 2. The van der Waals surface area contributed by atoms with Gasteiger partial charge in [-0.15, -0.1) is 0 Å². The van der Waals surface area contributed by atoms with Crippen molar-refractivity contribution < 1.29 is 28.7 Å². The molecule has 1 saturated heterocycles. The lowest BCUT2D eigenvalue weighted by molar-refractivity contribution is -0.385. The predicted octanol–water partition coefficient (Wildman–Crippen LogP) is 4.80. The van der Waals surface area contributed by atoms with Crippen molar-refractivity contribution in [3.8, 4) is 11.5 Å². The lowest BCUT2D eigenvalue weighted by atomic mass is 9.92. The molecule has 1 unspecified atom stereocenters. The number of rotatable bonds is 11. The van der Waals surface area contributed by atoms with Crippen LogP contribution < -0.4 is 9.47 Å². The molecule has 1 heterocycles. The molecule has 1 fully saturated rings. The van der Waals surface area contributed by atoms with Crippen molar-refractivity contribution in [2.75, 3.05) is 33.1 Å². The maximum Gasteiger partial charge on any atom is 0.410 e. The van der Waals surface area contributed by atoms with Gasteiger partial charge in [0.2, 0.25) is 0 Å². The van der Waals surface area contributed by atoms with Gasteiger partial charge in [0.05, 0.1) is 36.2 Å². The van der Waals surface area contributed by atoms with E-state index in [9.17, 15) is 19.7 Å². The molecule has 0 aromatic heterocycles. The van der Waals surface area contributed by atoms with Crippen molar-refractivity contribution in [2.45, 2.75) is 52.6 Å². The highest BCUT2D eigenvalue weighted by Crippen LogP contribution is 2.37. The second-order valence-electron chi connectivity index (χ2n) is 8.08. The summed E-state index contributed by atoms with van der Waals surface area (Å²) in [6, 6.07) is 2.67. The molecule has 1 atom stereocenters. The number of likely N-dealkylation sites (tertiary alicyclic amines) is 1. The Morgan fingerprint density at radius 3 is 2.50 bits per heavy atom. The van der Waals surface area contributed by atoms with Gasteiger partial charge in [0, 0.05) is 18.8 Å². The van der Waals surface area contributed by atoms with Crippen molar-refractivity contribution in [1.29, 1.82) is 0 Å². The minimum absolute atomic E-state index is 0.0971. The van der Waals surface area contributed by atoms with Crippen LogP contribution in [0, 0.1) is 15.5 Å². The van der Waals surface area contributed by atoms with Crippen LogP contribution in [0.1, 0.15) is 51.5 Å². The standard InChI is InChI=1S/C22H32N2O7S/c1-5-6-7-8-11-32-20(25)22(2)9-10-23(15-22)21(26)31-14-16-12-18(29-3)19(30-4)13-17(16)24(27)28/h12-13H,5-11,14-15H2,1-4H3. The SMILES string of the molecule is CCCCCCSC(=O)C1(C)CCN(C(=O)OCc2cc(OC)c(OC)cc2[N+](=O)[O-])C1. The summed E-state index contributed by atoms with van der Waals surface area (Å²) in [6.45, 7) is 4.42. The summed E-state index contributed by atoms with van der Waals surface area (Å²) in [5.41, 5.74) is -0.637. The average Bonchev–Trinajstić information content (AvgIpc) is 3.19. The van der Waals surface area contributed by atoms with Gasteiger partial charge in [0.25, 0.3) is 5.69 Å². The topological polar surface area (TPSA) is 108 Å². The minimum Gasteiger partial charge on any atom is -0.493 e. The second-order valence-corrected chi connectivity index (χ2v) is 9.14. The monoisotopic (exact) mass is 468 g/mol. The number of ether oxygens (including phenoxy) is 3. The number of hydrogen-bond acceptors (Lipinski definition) is 8. The third kappa shape index (κ3) is 6.51. The Balaban J connectivity index is 1.95. The van der Waals surface area contributed by atoms with Gasteiger partial charge in [-0.3, -0.25) is 14.9 Å². The zero-order valence-electron chi connectivity index (χ0n) is 19.2. The Kier molecular flexibility index (Phi) is 9.61. The van der Waals surface area contributed by atoms with Gasteiger partial charge in [0.15, 0.2) is 16.6 Å². The minimum atomic E-state index is -0.607. The molecule has 9 nitrogen and oxygen atoms in total. The van der Waals surface area contributed by atoms with E-state index in [1.165, 1.54) is 49.4 Å². The highest BCUT2D eigenvalue weighted by atomic mass is 32.2. The first-order valence-electron chi connectivity index (χ1n) is 10.7. The number of unbranched alkanes of at least 4 members (excludes halogenated alkanes) is 3. The summed E-state index contributed by atoms with van der Waals surface area (Å²) >= 11 is 1.34. The van der Waals surface area contributed by atoms with E-state index in [-0.39, 0.29) is 35.3 Å². The molecular formula is C22H32N2O7S. The van der Waals surface area contributed by atoms with E-state index in [2.05, 4.69) is 6.92 Å². The first-order chi connectivity index (χ1) is 15.3. The maximum atomic E-state index is 12.7. The van der Waals surface area contributed by atoms with Gasteiger partial charge in [-0.25, -0.2) is 4.79 Å². The van der Waals surface area contributed by atoms with E-state index in [1.807, 2.05) is 6.92 Å². The van der Waals surface area contributed by atoms with Gasteiger partial charge >= 0.3 is 6.09 Å². The van der Waals surface area contributed by atoms with E-state index in [1.54, 1.807) is 0 Å². The molecule has 0 bridgehead atoms. The fraction of sp³-hybridized carbons (Fsp3) is 0.636. The maximum absolute atomic E-state index is 12.7. The highest BCUT2D eigenvalue weighted by Gasteiger charge is 2.42.